The summed E-state index contributed by atoms with van der Waals surface area (Å²) in [5, 5.41) is 0.300. The summed E-state index contributed by atoms with van der Waals surface area (Å²) in [5.41, 5.74) is -0.230. The van der Waals surface area contributed by atoms with Gasteiger partial charge in [-0.25, -0.2) is 9.18 Å². The Kier molecular flexibility index (Phi) is 4.98. The average Bonchev–Trinajstić information content (AvgIpc) is 2.70. The van der Waals surface area contributed by atoms with E-state index >= 15 is 0 Å². The summed E-state index contributed by atoms with van der Waals surface area (Å²) in [5.74, 6) is -1.08. The predicted octanol–water partition coefficient (Wildman–Crippen LogP) is 4.35. The van der Waals surface area contributed by atoms with Crippen LogP contribution in [0.15, 0.2) is 57.6 Å². The van der Waals surface area contributed by atoms with Gasteiger partial charge in [-0.15, -0.1) is 0 Å². The van der Waals surface area contributed by atoms with Gasteiger partial charge in [-0.1, -0.05) is 17.7 Å². The van der Waals surface area contributed by atoms with Gasteiger partial charge in [0.1, 0.15) is 42.4 Å². The maximum absolute atomic E-state index is 14.3. The Labute approximate surface area is 169 Å². The first kappa shape index (κ1) is 19.0. The molecule has 2 heterocycles. The quantitative estimate of drug-likeness (QED) is 0.466. The number of rotatable bonds is 3. The summed E-state index contributed by atoms with van der Waals surface area (Å²) in [7, 11) is 0. The van der Waals surface area contributed by atoms with Crippen molar-refractivity contribution in [3.05, 3.63) is 75.2 Å². The van der Waals surface area contributed by atoms with Gasteiger partial charge in [-0.2, -0.15) is 0 Å². The van der Waals surface area contributed by atoms with Gasteiger partial charge in [0.25, 0.3) is 0 Å². The van der Waals surface area contributed by atoms with Gasteiger partial charge in [0, 0.05) is 11.6 Å². The number of ether oxygens (including phenoxy) is 3. The highest BCUT2D eigenvalue weighted by Gasteiger charge is 2.21. The third-order valence-corrected chi connectivity index (χ3v) is 4.63. The molecule has 0 radical (unpaired) electrons. The topological polar surface area (TPSA) is 75.0 Å². The van der Waals surface area contributed by atoms with E-state index in [-0.39, 0.29) is 51.0 Å². The van der Waals surface area contributed by atoms with Crippen molar-refractivity contribution >= 4 is 28.5 Å². The van der Waals surface area contributed by atoms with Crippen LogP contribution in [0.2, 0.25) is 5.02 Å². The first-order chi connectivity index (χ1) is 14.0. The van der Waals surface area contributed by atoms with Crippen LogP contribution >= 0.6 is 11.6 Å². The van der Waals surface area contributed by atoms with Crippen molar-refractivity contribution < 1.29 is 27.8 Å². The first-order valence-corrected chi connectivity index (χ1v) is 9.02. The molecule has 0 spiro atoms. The Hall–Kier alpha value is -3.32. The van der Waals surface area contributed by atoms with Crippen LogP contribution in [0.4, 0.5) is 4.39 Å². The Morgan fingerprint density at radius 1 is 1.17 bits per heavy atom. The van der Waals surface area contributed by atoms with Crippen molar-refractivity contribution in [2.45, 2.75) is 6.92 Å². The van der Waals surface area contributed by atoms with Crippen LogP contribution in [0, 0.1) is 12.7 Å². The van der Waals surface area contributed by atoms with Crippen LogP contribution < -0.4 is 10.2 Å². The number of fused-ring (bicyclic) bond motifs is 1. The van der Waals surface area contributed by atoms with Gasteiger partial charge in [-0.3, -0.25) is 4.79 Å². The molecule has 0 atom stereocenters. The number of aryl methyl sites for hydroxylation is 1. The van der Waals surface area contributed by atoms with Gasteiger partial charge in [0.05, 0.1) is 16.0 Å². The lowest BCUT2D eigenvalue weighted by atomic mass is 10.0. The molecule has 0 unspecified atom stereocenters. The lowest BCUT2D eigenvalue weighted by molar-refractivity contribution is -0.135. The molecule has 29 heavy (non-hydrogen) atoms. The van der Waals surface area contributed by atoms with Gasteiger partial charge in [0.2, 0.25) is 11.2 Å². The molecule has 0 saturated carbocycles. The Balaban J connectivity index is 1.75. The number of benzene rings is 2. The molecule has 0 fully saturated rings. The minimum Gasteiger partial charge on any atom is -0.493 e. The lowest BCUT2D eigenvalue weighted by Crippen LogP contribution is -2.19. The summed E-state index contributed by atoms with van der Waals surface area (Å²) >= 11 is 6.11. The molecule has 4 rings (SSSR count). The second kappa shape index (κ2) is 7.60. The summed E-state index contributed by atoms with van der Waals surface area (Å²) in [6, 6.07) is 8.45. The van der Waals surface area contributed by atoms with E-state index in [1.165, 1.54) is 49.6 Å². The zero-order chi connectivity index (χ0) is 20.5. The molecule has 0 saturated heterocycles. The van der Waals surface area contributed by atoms with E-state index in [1.807, 2.05) is 0 Å². The lowest BCUT2D eigenvalue weighted by Gasteiger charge is -2.14. The van der Waals surface area contributed by atoms with E-state index in [0.29, 0.717) is 6.61 Å². The van der Waals surface area contributed by atoms with E-state index in [4.69, 9.17) is 30.2 Å². The summed E-state index contributed by atoms with van der Waals surface area (Å²) < 4.78 is 35.5. The fourth-order valence-corrected chi connectivity index (χ4v) is 3.27. The third kappa shape index (κ3) is 3.56. The Bertz CT molecular complexity index is 1190. The van der Waals surface area contributed by atoms with Gasteiger partial charge in [-0.05, 0) is 31.2 Å². The van der Waals surface area contributed by atoms with Gasteiger partial charge >= 0.3 is 5.97 Å². The van der Waals surface area contributed by atoms with Crippen LogP contribution in [-0.4, -0.2) is 19.2 Å². The zero-order valence-corrected chi connectivity index (χ0v) is 15.9. The van der Waals surface area contributed by atoms with Crippen LogP contribution in [0.25, 0.3) is 22.1 Å². The third-order valence-electron chi connectivity index (χ3n) is 4.31. The molecule has 0 aliphatic carbocycles. The molecule has 0 N–H and O–H groups in total. The summed E-state index contributed by atoms with van der Waals surface area (Å²) in [6.07, 6.45) is 1.18. The minimum absolute atomic E-state index is 0.0146. The molecule has 2 aromatic carbocycles. The number of halogens is 2. The van der Waals surface area contributed by atoms with E-state index in [0.717, 1.165) is 0 Å². The molecule has 6 nitrogen and oxygen atoms in total. The van der Waals surface area contributed by atoms with Gasteiger partial charge < -0.3 is 18.6 Å². The van der Waals surface area contributed by atoms with Crippen LogP contribution in [0.3, 0.4) is 0 Å². The highest BCUT2D eigenvalue weighted by Crippen LogP contribution is 2.33. The molecular weight excluding hydrogens is 403 g/mol. The molecule has 3 aromatic rings. The zero-order valence-electron chi connectivity index (χ0n) is 15.2. The fraction of sp³-hybridized carbons (Fsp3) is 0.143. The molecular formula is C21H14ClFO6. The standard InChI is InChI=1S/C21H14ClFO6/c1-11-18(19-14(22)3-2-4-15(19)23)20(24)13-6-5-12(9-16(13)28-11)29-21(25)17-10-26-7-8-27-17/h2-6,9-10H,7-8H2,1H3. The molecule has 148 valence electrons. The van der Waals surface area contributed by atoms with Crippen molar-refractivity contribution in [3.63, 3.8) is 0 Å². The number of hydrogen-bond acceptors (Lipinski definition) is 6. The smallest absolute Gasteiger partial charge is 0.382 e. The molecule has 1 aromatic heterocycles. The molecule has 1 aliphatic heterocycles. The normalized spacial score (nSPS) is 13.4. The predicted molar refractivity (Wildman–Crippen MR) is 103 cm³/mol. The number of esters is 1. The van der Waals surface area contributed by atoms with E-state index in [1.54, 1.807) is 0 Å². The number of carbonyl (C=O) groups is 1. The second-order valence-electron chi connectivity index (χ2n) is 6.21. The van der Waals surface area contributed by atoms with E-state index in [2.05, 4.69) is 0 Å². The highest BCUT2D eigenvalue weighted by atomic mass is 35.5. The van der Waals surface area contributed by atoms with Crippen molar-refractivity contribution in [3.8, 4) is 16.9 Å². The molecule has 0 bridgehead atoms. The summed E-state index contributed by atoms with van der Waals surface area (Å²) in [4.78, 5) is 25.1. The van der Waals surface area contributed by atoms with Gasteiger partial charge in [0.15, 0.2) is 0 Å². The SMILES string of the molecule is Cc1oc2cc(OC(=O)C3=COCCO3)ccc2c(=O)c1-c1c(F)cccc1Cl. The Morgan fingerprint density at radius 2 is 2.00 bits per heavy atom. The maximum Gasteiger partial charge on any atom is 0.382 e. The van der Waals surface area contributed by atoms with Crippen molar-refractivity contribution in [1.82, 2.24) is 0 Å². The molecule has 8 heteroatoms. The summed E-state index contributed by atoms with van der Waals surface area (Å²) in [6.45, 7) is 2.13. The molecule has 1 aliphatic rings. The van der Waals surface area contributed by atoms with Crippen molar-refractivity contribution in [2.75, 3.05) is 13.2 Å². The van der Waals surface area contributed by atoms with Crippen molar-refractivity contribution in [2.24, 2.45) is 0 Å². The molecule has 0 amide bonds. The fourth-order valence-electron chi connectivity index (χ4n) is 3.01. The highest BCUT2D eigenvalue weighted by molar-refractivity contribution is 6.33. The largest absolute Gasteiger partial charge is 0.493 e. The van der Waals surface area contributed by atoms with Crippen LogP contribution in [0.5, 0.6) is 5.75 Å². The second-order valence-corrected chi connectivity index (χ2v) is 6.62. The average molecular weight is 417 g/mol. The van der Waals surface area contributed by atoms with Crippen molar-refractivity contribution in [1.29, 1.82) is 0 Å². The first-order valence-electron chi connectivity index (χ1n) is 8.64. The Morgan fingerprint density at radius 3 is 2.72 bits per heavy atom. The van der Waals surface area contributed by atoms with Crippen LogP contribution in [-0.2, 0) is 14.3 Å². The van der Waals surface area contributed by atoms with Crippen LogP contribution in [0.1, 0.15) is 5.76 Å². The number of hydrogen-bond donors (Lipinski definition) is 0. The minimum atomic E-state index is -0.738. The number of carbonyl (C=O) groups excluding carboxylic acids is 1. The van der Waals surface area contributed by atoms with E-state index < -0.39 is 17.2 Å². The maximum atomic E-state index is 14.3. The monoisotopic (exact) mass is 416 g/mol. The van der Waals surface area contributed by atoms with E-state index in [9.17, 15) is 14.0 Å².